The average molecular weight is 220 g/mol. The predicted octanol–water partition coefficient (Wildman–Crippen LogP) is 2.66. The maximum absolute atomic E-state index is 11.2. The molecule has 1 heterocycles. The van der Waals surface area contributed by atoms with Gasteiger partial charge < -0.3 is 9.47 Å². The van der Waals surface area contributed by atoms with Gasteiger partial charge in [0.15, 0.2) is 0 Å². The maximum atomic E-state index is 11.2. The Labute approximate surface area is 93.7 Å². The Morgan fingerprint density at radius 1 is 1.40 bits per heavy atom. The van der Waals surface area contributed by atoms with Crippen molar-refractivity contribution in [2.24, 2.45) is 7.05 Å². The summed E-state index contributed by atoms with van der Waals surface area (Å²) in [6.45, 7) is 0. The summed E-state index contributed by atoms with van der Waals surface area (Å²) < 4.78 is 2.00. The molecular formula is C11H12N2OS. The molecule has 0 unspecified atom stereocenters. The maximum Gasteiger partial charge on any atom is 0.282 e. The average Bonchev–Trinajstić information content (AvgIpc) is 2.56. The van der Waals surface area contributed by atoms with Crippen LogP contribution in [-0.4, -0.2) is 16.9 Å². The largest absolute Gasteiger partial charge is 0.348 e. The molecule has 15 heavy (non-hydrogen) atoms. The van der Waals surface area contributed by atoms with Crippen molar-refractivity contribution in [1.82, 2.24) is 4.57 Å². The first kappa shape index (κ1) is 10.1. The van der Waals surface area contributed by atoms with E-state index in [0.29, 0.717) is 0 Å². The van der Waals surface area contributed by atoms with Crippen molar-refractivity contribution in [2.45, 2.75) is 0 Å². The van der Waals surface area contributed by atoms with E-state index in [4.69, 9.17) is 0 Å². The fourth-order valence-corrected chi connectivity index (χ4v) is 1.80. The zero-order valence-electron chi connectivity index (χ0n) is 8.64. The van der Waals surface area contributed by atoms with Gasteiger partial charge in [-0.1, -0.05) is 30.8 Å². The number of aromatic nitrogens is 1. The second-order valence-corrected chi connectivity index (χ2v) is 3.87. The van der Waals surface area contributed by atoms with Crippen molar-refractivity contribution >= 4 is 34.5 Å². The van der Waals surface area contributed by atoms with E-state index < -0.39 is 0 Å². The predicted molar refractivity (Wildman–Crippen MR) is 65.7 cm³/mol. The highest BCUT2D eigenvalue weighted by molar-refractivity contribution is 7.96. The van der Waals surface area contributed by atoms with Gasteiger partial charge in [-0.15, -0.1) is 0 Å². The van der Waals surface area contributed by atoms with E-state index in [0.717, 1.165) is 16.6 Å². The lowest BCUT2D eigenvalue weighted by Gasteiger charge is -2.12. The molecule has 0 fully saturated rings. The van der Waals surface area contributed by atoms with Gasteiger partial charge in [-0.3, -0.25) is 4.79 Å². The second kappa shape index (κ2) is 3.62. The van der Waals surface area contributed by atoms with E-state index in [1.807, 2.05) is 42.1 Å². The number of rotatable bonds is 1. The fraction of sp³-hybridized carbons (Fsp3) is 0.182. The van der Waals surface area contributed by atoms with E-state index in [1.54, 1.807) is 7.05 Å². The van der Waals surface area contributed by atoms with Crippen LogP contribution in [0.15, 0.2) is 30.5 Å². The Morgan fingerprint density at radius 3 is 2.73 bits per heavy atom. The molecule has 0 aliphatic heterocycles. The topological polar surface area (TPSA) is 25.2 Å². The van der Waals surface area contributed by atoms with Crippen LogP contribution in [0, 0.1) is 0 Å². The minimum atomic E-state index is -0.258. The van der Waals surface area contributed by atoms with Gasteiger partial charge in [0.2, 0.25) is 0 Å². The molecule has 0 aliphatic rings. The number of fused-ring (bicyclic) bond motifs is 1. The van der Waals surface area contributed by atoms with Crippen LogP contribution < -0.4 is 4.90 Å². The first-order chi connectivity index (χ1) is 7.11. The van der Waals surface area contributed by atoms with Gasteiger partial charge in [-0.2, -0.15) is 0 Å². The van der Waals surface area contributed by atoms with Crippen LogP contribution in [0.25, 0.3) is 10.9 Å². The molecule has 1 aromatic carbocycles. The summed E-state index contributed by atoms with van der Waals surface area (Å²) in [5, 5.41) is 0.802. The molecule has 0 atom stereocenters. The van der Waals surface area contributed by atoms with Gasteiger partial charge in [-0.05, 0) is 6.07 Å². The molecule has 0 aliphatic carbocycles. The molecule has 0 N–H and O–H groups in total. The van der Waals surface area contributed by atoms with Crippen molar-refractivity contribution in [2.75, 3.05) is 11.9 Å². The number of carbonyl (C=O) groups excluding carboxylic acids is 1. The quantitative estimate of drug-likeness (QED) is 0.734. The molecule has 0 radical (unpaired) electrons. The van der Waals surface area contributed by atoms with Crippen molar-refractivity contribution in [3.8, 4) is 0 Å². The third-order valence-electron chi connectivity index (χ3n) is 2.52. The van der Waals surface area contributed by atoms with Crippen LogP contribution in [0.3, 0.4) is 0 Å². The smallest absolute Gasteiger partial charge is 0.282 e. The lowest BCUT2D eigenvalue weighted by atomic mass is 10.2. The van der Waals surface area contributed by atoms with Gasteiger partial charge in [0, 0.05) is 31.2 Å². The van der Waals surface area contributed by atoms with E-state index in [1.165, 1.54) is 4.90 Å². The minimum Gasteiger partial charge on any atom is -0.348 e. The molecule has 2 aromatic rings. The van der Waals surface area contributed by atoms with E-state index >= 15 is 0 Å². The van der Waals surface area contributed by atoms with Gasteiger partial charge >= 0.3 is 0 Å². The highest BCUT2D eigenvalue weighted by atomic mass is 32.1. The van der Waals surface area contributed by atoms with Gasteiger partial charge in [0.05, 0.1) is 5.69 Å². The summed E-state index contributed by atoms with van der Waals surface area (Å²) in [5.74, 6) is 0. The number of nitrogens with zero attached hydrogens (tertiary/aromatic N) is 2. The summed E-state index contributed by atoms with van der Waals surface area (Å²) in [6, 6.07) is 7.96. The summed E-state index contributed by atoms with van der Waals surface area (Å²) in [4.78, 5) is 12.7. The van der Waals surface area contributed by atoms with Crippen LogP contribution in [0.1, 0.15) is 0 Å². The van der Waals surface area contributed by atoms with E-state index in [-0.39, 0.29) is 5.24 Å². The third kappa shape index (κ3) is 1.61. The first-order valence-corrected chi connectivity index (χ1v) is 5.06. The van der Waals surface area contributed by atoms with Crippen molar-refractivity contribution < 1.29 is 4.79 Å². The zero-order chi connectivity index (χ0) is 11.0. The summed E-state index contributed by atoms with van der Waals surface area (Å²) in [5.41, 5.74) is 1.99. The number of anilines is 1. The molecule has 2 rings (SSSR count). The molecule has 0 spiro atoms. The van der Waals surface area contributed by atoms with Gasteiger partial charge in [0.25, 0.3) is 5.24 Å². The second-order valence-electron chi connectivity index (χ2n) is 3.48. The molecule has 0 bridgehead atoms. The first-order valence-electron chi connectivity index (χ1n) is 4.62. The Hall–Kier alpha value is -1.42. The van der Waals surface area contributed by atoms with Crippen LogP contribution in [-0.2, 0) is 7.05 Å². The number of amides is 1. The number of hydrogen-bond donors (Lipinski definition) is 1. The Kier molecular flexibility index (Phi) is 2.44. The number of para-hydroxylation sites is 1. The summed E-state index contributed by atoms with van der Waals surface area (Å²) in [6.07, 6.45) is 1.93. The molecule has 0 saturated heterocycles. The van der Waals surface area contributed by atoms with Crippen molar-refractivity contribution in [3.63, 3.8) is 0 Å². The van der Waals surface area contributed by atoms with Crippen LogP contribution in [0.5, 0.6) is 0 Å². The molecular weight excluding hydrogens is 208 g/mol. The Morgan fingerprint density at radius 2 is 2.07 bits per heavy atom. The Balaban J connectivity index is 2.67. The van der Waals surface area contributed by atoms with Crippen LogP contribution >= 0.6 is 12.6 Å². The highest BCUT2D eigenvalue weighted by Gasteiger charge is 2.12. The SMILES string of the molecule is CN(C(=O)S)c1cn(C)c2ccccc12. The van der Waals surface area contributed by atoms with E-state index in [9.17, 15) is 4.79 Å². The zero-order valence-corrected chi connectivity index (χ0v) is 9.53. The Bertz CT molecular complexity index is 518. The normalized spacial score (nSPS) is 10.6. The number of carbonyl (C=O) groups is 1. The molecule has 1 aromatic heterocycles. The molecule has 4 heteroatoms. The molecule has 0 saturated carbocycles. The van der Waals surface area contributed by atoms with Crippen molar-refractivity contribution in [1.29, 1.82) is 0 Å². The lowest BCUT2D eigenvalue weighted by Crippen LogP contribution is -2.19. The summed E-state index contributed by atoms with van der Waals surface area (Å²) in [7, 11) is 3.68. The van der Waals surface area contributed by atoms with Gasteiger partial charge in [-0.25, -0.2) is 0 Å². The van der Waals surface area contributed by atoms with Gasteiger partial charge in [0.1, 0.15) is 0 Å². The third-order valence-corrected chi connectivity index (χ3v) is 2.82. The molecule has 3 nitrogen and oxygen atoms in total. The van der Waals surface area contributed by atoms with Crippen LogP contribution in [0.2, 0.25) is 0 Å². The summed E-state index contributed by atoms with van der Waals surface area (Å²) >= 11 is 3.82. The minimum absolute atomic E-state index is 0.258. The molecule has 1 amide bonds. The monoisotopic (exact) mass is 220 g/mol. The van der Waals surface area contributed by atoms with Crippen molar-refractivity contribution in [3.05, 3.63) is 30.5 Å². The standard InChI is InChI=1S/C11H12N2OS/c1-12-7-10(13(2)11(14)15)8-5-3-4-6-9(8)12/h3-7H,1-2H3,(H,14,15). The van der Waals surface area contributed by atoms with Crippen LogP contribution in [0.4, 0.5) is 10.5 Å². The highest BCUT2D eigenvalue weighted by Crippen LogP contribution is 2.28. The number of thiol groups is 1. The molecule has 78 valence electrons. The number of aryl methyl sites for hydroxylation is 1. The number of benzene rings is 1. The lowest BCUT2D eigenvalue weighted by molar-refractivity contribution is 0.266. The van der Waals surface area contributed by atoms with E-state index in [2.05, 4.69) is 12.6 Å². The fourth-order valence-electron chi connectivity index (χ4n) is 1.69. The number of hydrogen-bond acceptors (Lipinski definition) is 1.